The summed E-state index contributed by atoms with van der Waals surface area (Å²) < 4.78 is 10.8. The van der Waals surface area contributed by atoms with Crippen LogP contribution in [0.5, 0.6) is 5.75 Å². The van der Waals surface area contributed by atoms with Gasteiger partial charge in [-0.05, 0) is 48.7 Å². The number of rotatable bonds is 9. The molecule has 1 unspecified atom stereocenters. The van der Waals surface area contributed by atoms with Crippen LogP contribution in [0.15, 0.2) is 48.5 Å². The Hall–Kier alpha value is -2.90. The summed E-state index contributed by atoms with van der Waals surface area (Å²) in [6.45, 7) is 10.2. The lowest BCUT2D eigenvalue weighted by molar-refractivity contribution is -0.118. The molecule has 2 aromatic carbocycles. The molecule has 32 heavy (non-hydrogen) atoms. The number of carbonyl (C=O) groups is 2. The van der Waals surface area contributed by atoms with Crippen molar-refractivity contribution in [2.75, 3.05) is 38.2 Å². The van der Waals surface area contributed by atoms with Crippen LogP contribution in [0.1, 0.15) is 36.7 Å². The van der Waals surface area contributed by atoms with Gasteiger partial charge in [-0.1, -0.05) is 32.0 Å². The number of morpholine rings is 1. The molecule has 1 heterocycles. The molecular weight excluding hydrogens is 406 g/mol. The predicted molar refractivity (Wildman–Crippen MR) is 125 cm³/mol. The molecule has 3 rings (SSSR count). The van der Waals surface area contributed by atoms with Crippen molar-refractivity contribution in [3.63, 3.8) is 0 Å². The van der Waals surface area contributed by atoms with Crippen LogP contribution in [-0.2, 0) is 16.1 Å². The Morgan fingerprint density at radius 3 is 2.41 bits per heavy atom. The number of benzene rings is 2. The molecular formula is C25H33N3O4. The van der Waals surface area contributed by atoms with Gasteiger partial charge in [-0.15, -0.1) is 0 Å². The maximum atomic E-state index is 13.1. The first-order valence-corrected chi connectivity index (χ1v) is 11.2. The maximum absolute atomic E-state index is 13.1. The molecule has 1 saturated heterocycles. The average molecular weight is 440 g/mol. The zero-order valence-corrected chi connectivity index (χ0v) is 19.1. The summed E-state index contributed by atoms with van der Waals surface area (Å²) in [5, 5.41) is 5.92. The van der Waals surface area contributed by atoms with E-state index in [9.17, 15) is 9.59 Å². The Balaban J connectivity index is 1.67. The standard InChI is InChI=1S/C25H33N3O4/c1-4-32-21-11-9-19(10-12-21)24(29)27-23(18(2)3)25(30)26-22-8-6-5-7-20(22)17-28-13-15-31-16-14-28/h5-12,18,23H,4,13-17H2,1-3H3,(H,26,30)(H,27,29). The van der Waals surface area contributed by atoms with E-state index in [1.807, 2.05) is 45.0 Å². The molecule has 0 radical (unpaired) electrons. The summed E-state index contributed by atoms with van der Waals surface area (Å²) in [6.07, 6.45) is 0. The van der Waals surface area contributed by atoms with Crippen molar-refractivity contribution < 1.29 is 19.1 Å². The molecule has 0 aliphatic carbocycles. The number of ether oxygens (including phenoxy) is 2. The predicted octanol–water partition coefficient (Wildman–Crippen LogP) is 3.31. The molecule has 7 heteroatoms. The van der Waals surface area contributed by atoms with Crippen molar-refractivity contribution in [1.82, 2.24) is 10.2 Å². The lowest BCUT2D eigenvalue weighted by Gasteiger charge is -2.28. The quantitative estimate of drug-likeness (QED) is 0.627. The van der Waals surface area contributed by atoms with Crippen molar-refractivity contribution in [3.8, 4) is 5.75 Å². The molecule has 0 saturated carbocycles. The Morgan fingerprint density at radius 2 is 1.75 bits per heavy atom. The van der Waals surface area contributed by atoms with Gasteiger partial charge in [-0.25, -0.2) is 0 Å². The Labute approximate surface area is 190 Å². The van der Waals surface area contributed by atoms with E-state index in [0.717, 1.165) is 44.1 Å². The molecule has 172 valence electrons. The fourth-order valence-electron chi connectivity index (χ4n) is 3.62. The van der Waals surface area contributed by atoms with Gasteiger partial charge in [-0.2, -0.15) is 0 Å². The highest BCUT2D eigenvalue weighted by atomic mass is 16.5. The van der Waals surface area contributed by atoms with Gasteiger partial charge in [0.05, 0.1) is 19.8 Å². The van der Waals surface area contributed by atoms with Crippen molar-refractivity contribution >= 4 is 17.5 Å². The smallest absolute Gasteiger partial charge is 0.251 e. The molecule has 2 N–H and O–H groups in total. The number of nitrogens with one attached hydrogen (secondary N) is 2. The number of hydrogen-bond donors (Lipinski definition) is 2. The zero-order valence-electron chi connectivity index (χ0n) is 19.1. The van der Waals surface area contributed by atoms with E-state index < -0.39 is 6.04 Å². The van der Waals surface area contributed by atoms with Crippen molar-refractivity contribution in [2.24, 2.45) is 5.92 Å². The van der Waals surface area contributed by atoms with Crippen LogP contribution < -0.4 is 15.4 Å². The zero-order chi connectivity index (χ0) is 22.9. The highest BCUT2D eigenvalue weighted by molar-refractivity contribution is 6.01. The molecule has 1 aliphatic rings. The van der Waals surface area contributed by atoms with Crippen molar-refractivity contribution in [2.45, 2.75) is 33.4 Å². The molecule has 2 amide bonds. The van der Waals surface area contributed by atoms with E-state index in [2.05, 4.69) is 15.5 Å². The molecule has 0 spiro atoms. The first-order chi connectivity index (χ1) is 15.5. The second-order valence-corrected chi connectivity index (χ2v) is 8.19. The third kappa shape index (κ3) is 6.55. The molecule has 0 aromatic heterocycles. The van der Waals surface area contributed by atoms with Gasteiger partial charge in [0.25, 0.3) is 5.91 Å². The molecule has 1 fully saturated rings. The van der Waals surface area contributed by atoms with Crippen LogP contribution in [-0.4, -0.2) is 55.7 Å². The number of para-hydroxylation sites is 1. The van der Waals surface area contributed by atoms with Gasteiger partial charge in [0.1, 0.15) is 11.8 Å². The van der Waals surface area contributed by atoms with Crippen molar-refractivity contribution in [1.29, 1.82) is 0 Å². The molecule has 7 nitrogen and oxygen atoms in total. The van der Waals surface area contributed by atoms with E-state index in [-0.39, 0.29) is 17.7 Å². The van der Waals surface area contributed by atoms with Crippen LogP contribution in [0, 0.1) is 5.92 Å². The summed E-state index contributed by atoms with van der Waals surface area (Å²) >= 11 is 0. The molecule has 1 aliphatic heterocycles. The summed E-state index contributed by atoms with van der Waals surface area (Å²) in [7, 11) is 0. The Morgan fingerprint density at radius 1 is 1.06 bits per heavy atom. The fraction of sp³-hybridized carbons (Fsp3) is 0.440. The largest absolute Gasteiger partial charge is 0.494 e. The third-order valence-electron chi connectivity index (χ3n) is 5.44. The maximum Gasteiger partial charge on any atom is 0.251 e. The summed E-state index contributed by atoms with van der Waals surface area (Å²) in [5.41, 5.74) is 2.30. The number of anilines is 1. The minimum atomic E-state index is -0.662. The summed E-state index contributed by atoms with van der Waals surface area (Å²) in [4.78, 5) is 28.2. The van der Waals surface area contributed by atoms with Crippen LogP contribution in [0.4, 0.5) is 5.69 Å². The highest BCUT2D eigenvalue weighted by Gasteiger charge is 2.25. The van der Waals surface area contributed by atoms with Gasteiger partial charge in [0.2, 0.25) is 5.91 Å². The second kappa shape index (κ2) is 11.6. The number of amides is 2. The Bertz CT molecular complexity index is 892. The van der Waals surface area contributed by atoms with E-state index in [1.54, 1.807) is 24.3 Å². The topological polar surface area (TPSA) is 79.9 Å². The number of nitrogens with zero attached hydrogens (tertiary/aromatic N) is 1. The van der Waals surface area contributed by atoms with E-state index >= 15 is 0 Å². The van der Waals surface area contributed by atoms with E-state index in [1.165, 1.54) is 0 Å². The number of carbonyl (C=O) groups excluding carboxylic acids is 2. The summed E-state index contributed by atoms with van der Waals surface area (Å²) in [6, 6.07) is 14.1. The third-order valence-corrected chi connectivity index (χ3v) is 5.44. The second-order valence-electron chi connectivity index (χ2n) is 8.19. The monoisotopic (exact) mass is 439 g/mol. The Kier molecular flexibility index (Phi) is 8.64. The first-order valence-electron chi connectivity index (χ1n) is 11.2. The minimum absolute atomic E-state index is 0.0759. The normalized spacial score (nSPS) is 15.2. The number of hydrogen-bond acceptors (Lipinski definition) is 5. The molecule has 0 bridgehead atoms. The molecule has 2 aromatic rings. The van der Waals surface area contributed by atoms with Crippen LogP contribution in [0.3, 0.4) is 0 Å². The minimum Gasteiger partial charge on any atom is -0.494 e. The van der Waals surface area contributed by atoms with Gasteiger partial charge < -0.3 is 20.1 Å². The van der Waals surface area contributed by atoms with E-state index in [4.69, 9.17) is 9.47 Å². The van der Waals surface area contributed by atoms with Crippen LogP contribution >= 0.6 is 0 Å². The SMILES string of the molecule is CCOc1ccc(C(=O)NC(C(=O)Nc2ccccc2CN2CCOCC2)C(C)C)cc1. The summed E-state index contributed by atoms with van der Waals surface area (Å²) in [5.74, 6) is 0.115. The van der Waals surface area contributed by atoms with Crippen LogP contribution in [0.25, 0.3) is 0 Å². The lowest BCUT2D eigenvalue weighted by Crippen LogP contribution is -2.47. The highest BCUT2D eigenvalue weighted by Crippen LogP contribution is 2.19. The van der Waals surface area contributed by atoms with Crippen molar-refractivity contribution in [3.05, 3.63) is 59.7 Å². The average Bonchev–Trinajstić information content (AvgIpc) is 2.79. The van der Waals surface area contributed by atoms with Gasteiger partial charge in [-0.3, -0.25) is 14.5 Å². The first kappa shape index (κ1) is 23.8. The van der Waals surface area contributed by atoms with Gasteiger partial charge in [0.15, 0.2) is 0 Å². The molecule has 1 atom stereocenters. The lowest BCUT2D eigenvalue weighted by atomic mass is 10.0. The van der Waals surface area contributed by atoms with Crippen LogP contribution in [0.2, 0.25) is 0 Å². The van der Waals surface area contributed by atoms with Gasteiger partial charge in [0, 0.05) is 30.9 Å². The van der Waals surface area contributed by atoms with Gasteiger partial charge >= 0.3 is 0 Å². The van der Waals surface area contributed by atoms with E-state index in [0.29, 0.717) is 17.9 Å². The fourth-order valence-corrected chi connectivity index (χ4v) is 3.62.